The highest BCUT2D eigenvalue weighted by atomic mass is 31.2. The third kappa shape index (κ3) is 15.5. The van der Waals surface area contributed by atoms with Gasteiger partial charge in [-0.25, -0.2) is 4.98 Å². The number of para-hydroxylation sites is 1. The molecule has 0 radical (unpaired) electrons. The van der Waals surface area contributed by atoms with E-state index in [2.05, 4.69) is 31.6 Å². The predicted molar refractivity (Wildman–Crippen MR) is 223 cm³/mol. The number of aryl methyl sites for hydroxylation is 1. The summed E-state index contributed by atoms with van der Waals surface area (Å²) in [7, 11) is -4.43. The molecule has 316 valence electrons. The highest BCUT2D eigenvalue weighted by molar-refractivity contribution is 7.45. The van der Waals surface area contributed by atoms with Crippen LogP contribution in [0.2, 0.25) is 0 Å². The lowest BCUT2D eigenvalue weighted by atomic mass is 9.95. The molecule has 20 heteroatoms. The second-order valence-electron chi connectivity index (χ2n) is 14.9. The maximum absolute atomic E-state index is 13.1. The minimum Gasteiger partial charge on any atom is -0.367 e. The number of nitrogens with one attached hydrogen (secondary N) is 4. The zero-order valence-electron chi connectivity index (χ0n) is 32.9. The number of rotatable bonds is 24. The number of benzene rings is 1. The normalized spacial score (nSPS) is 16.1. The largest absolute Gasteiger partial charge is 0.367 e. The minimum absolute atomic E-state index is 0.0298. The summed E-state index contributed by atoms with van der Waals surface area (Å²) in [6, 6.07) is 7.66. The van der Waals surface area contributed by atoms with Crippen molar-refractivity contribution in [3.63, 3.8) is 0 Å². The van der Waals surface area contributed by atoms with Crippen LogP contribution in [-0.2, 0) is 22.7 Å². The molecule has 5 rings (SSSR count). The van der Waals surface area contributed by atoms with Gasteiger partial charge in [-0.3, -0.25) is 14.3 Å². The van der Waals surface area contributed by atoms with E-state index in [-0.39, 0.29) is 50.2 Å². The van der Waals surface area contributed by atoms with E-state index in [0.717, 1.165) is 55.6 Å². The molecular formula is C37H62N12O6P2. The smallest absolute Gasteiger partial charge is 0.239 e. The molecular weight excluding hydrogens is 770 g/mol. The Balaban J connectivity index is 1.03. The molecule has 3 heterocycles. The summed E-state index contributed by atoms with van der Waals surface area (Å²) in [5.41, 5.74) is 7.75. The van der Waals surface area contributed by atoms with Crippen molar-refractivity contribution in [2.24, 2.45) is 5.73 Å². The van der Waals surface area contributed by atoms with Crippen molar-refractivity contribution in [2.45, 2.75) is 102 Å². The maximum atomic E-state index is 13.1. The van der Waals surface area contributed by atoms with Crippen molar-refractivity contribution >= 4 is 51.2 Å². The van der Waals surface area contributed by atoms with Gasteiger partial charge in [-0.2, -0.15) is 4.98 Å². The first kappa shape index (κ1) is 44.9. The van der Waals surface area contributed by atoms with E-state index < -0.39 is 28.7 Å². The van der Waals surface area contributed by atoms with Crippen molar-refractivity contribution in [1.82, 2.24) is 45.4 Å². The second-order valence-corrected chi connectivity index (χ2v) is 17.3. The monoisotopic (exact) mass is 832 g/mol. The van der Waals surface area contributed by atoms with Gasteiger partial charge in [-0.05, 0) is 76.7 Å². The molecule has 10 N–H and O–H groups in total. The van der Waals surface area contributed by atoms with Crippen molar-refractivity contribution in [1.29, 1.82) is 0 Å². The van der Waals surface area contributed by atoms with Gasteiger partial charge in [0.1, 0.15) is 11.5 Å². The molecule has 3 aromatic rings. The summed E-state index contributed by atoms with van der Waals surface area (Å²) in [5.74, 6) is 0.644. The lowest BCUT2D eigenvalue weighted by Crippen LogP contribution is -2.47. The van der Waals surface area contributed by atoms with Gasteiger partial charge in [0, 0.05) is 68.9 Å². The number of anilines is 2. The van der Waals surface area contributed by atoms with E-state index in [1.807, 2.05) is 35.1 Å². The average Bonchev–Trinajstić information content (AvgIpc) is 3.68. The molecule has 18 nitrogen and oxygen atoms in total. The lowest BCUT2D eigenvalue weighted by molar-refractivity contribution is -0.134. The minimum atomic E-state index is -2.21. The molecule has 2 aliphatic rings. The first-order valence-electron chi connectivity index (χ1n) is 20.4. The zero-order chi connectivity index (χ0) is 40.4. The maximum Gasteiger partial charge on any atom is 0.239 e. The van der Waals surface area contributed by atoms with Crippen molar-refractivity contribution in [3.8, 4) is 0 Å². The quantitative estimate of drug-likeness (QED) is 0.0463. The number of likely N-dealkylation sites (tertiary alicyclic amines) is 1. The summed E-state index contributed by atoms with van der Waals surface area (Å²) in [5, 5.41) is 23.7. The van der Waals surface area contributed by atoms with Crippen molar-refractivity contribution in [3.05, 3.63) is 36.2 Å². The fourth-order valence-corrected chi connectivity index (χ4v) is 8.14. The van der Waals surface area contributed by atoms with Gasteiger partial charge in [0.15, 0.2) is 16.8 Å². The van der Waals surface area contributed by atoms with E-state index >= 15 is 0 Å². The Morgan fingerprint density at radius 1 is 0.912 bits per heavy atom. The fourth-order valence-electron chi connectivity index (χ4n) is 7.30. The van der Waals surface area contributed by atoms with E-state index in [4.69, 9.17) is 15.7 Å². The molecule has 1 aromatic carbocycles. The van der Waals surface area contributed by atoms with Crippen molar-refractivity contribution < 1.29 is 29.2 Å². The number of carbonyl (C=O) groups excluding carboxylic acids is 2. The Morgan fingerprint density at radius 2 is 1.63 bits per heavy atom. The zero-order valence-corrected chi connectivity index (χ0v) is 34.7. The molecule has 57 heavy (non-hydrogen) atoms. The van der Waals surface area contributed by atoms with Gasteiger partial charge in [-0.1, -0.05) is 36.6 Å². The Labute approximate surface area is 337 Å². The van der Waals surface area contributed by atoms with Crippen molar-refractivity contribution in [2.75, 3.05) is 68.8 Å². The fraction of sp³-hybridized carbons (Fsp3) is 0.676. The molecule has 0 unspecified atom stereocenters. The number of aromatic nitrogens is 5. The third-order valence-corrected chi connectivity index (χ3v) is 11.8. The molecule has 1 saturated heterocycles. The van der Waals surface area contributed by atoms with Crippen LogP contribution in [0.5, 0.6) is 0 Å². The van der Waals surface area contributed by atoms with Gasteiger partial charge < -0.3 is 56.4 Å². The summed E-state index contributed by atoms with van der Waals surface area (Å²) < 4.78 is 1.87. The first-order valence-corrected chi connectivity index (χ1v) is 23.2. The number of fused-ring (bicyclic) bond motifs is 1. The van der Waals surface area contributed by atoms with Crippen LogP contribution in [0, 0.1) is 0 Å². The second kappa shape index (κ2) is 24.0. The van der Waals surface area contributed by atoms with Gasteiger partial charge in [0.05, 0.1) is 24.3 Å². The molecule has 1 atom stereocenters. The number of carbonyl (C=O) groups is 2. The van der Waals surface area contributed by atoms with Crippen LogP contribution in [0.3, 0.4) is 0 Å². The average molecular weight is 833 g/mol. The van der Waals surface area contributed by atoms with Gasteiger partial charge in [0.25, 0.3) is 0 Å². The van der Waals surface area contributed by atoms with Gasteiger partial charge in [-0.15, -0.1) is 5.10 Å². The lowest BCUT2D eigenvalue weighted by Gasteiger charge is -2.33. The van der Waals surface area contributed by atoms with E-state index in [0.29, 0.717) is 50.3 Å². The number of hydrogen-bond acceptors (Lipinski definition) is 15. The first-order chi connectivity index (χ1) is 27.6. The molecule has 1 aliphatic carbocycles. The van der Waals surface area contributed by atoms with Crippen LogP contribution in [0.25, 0.3) is 10.9 Å². The number of piperidine rings is 1. The summed E-state index contributed by atoms with van der Waals surface area (Å²) in [6.45, 7) is 5.38. The molecule has 2 fully saturated rings. The summed E-state index contributed by atoms with van der Waals surface area (Å²) in [6.07, 6.45) is 12.4. The van der Waals surface area contributed by atoms with Crippen LogP contribution < -0.4 is 27.0 Å². The summed E-state index contributed by atoms with van der Waals surface area (Å²) >= 11 is 0. The third-order valence-electron chi connectivity index (χ3n) is 10.6. The predicted octanol–water partition coefficient (Wildman–Crippen LogP) is 2.06. The van der Waals surface area contributed by atoms with Crippen LogP contribution >= 0.6 is 16.8 Å². The number of nitrogens with two attached hydrogens (primary N) is 1. The molecule has 2 aromatic heterocycles. The van der Waals surface area contributed by atoms with Gasteiger partial charge in [0.2, 0.25) is 17.8 Å². The van der Waals surface area contributed by atoms with Crippen LogP contribution in [0.4, 0.5) is 11.8 Å². The Kier molecular flexibility index (Phi) is 18.9. The molecule has 2 amide bonds. The molecule has 0 spiro atoms. The summed E-state index contributed by atoms with van der Waals surface area (Å²) in [4.78, 5) is 75.9. The standard InChI is InChI=1S/C37H62N12O6P2/c38-32(36(51)48(22-24-56(52)53)23-25-57(54)55)12-13-34(50)47-20-14-29(15-21-47)42-35-31-10-4-5-11-33(31)43-37(44-35)41-26-30-27-49(46-45-30)19-7-17-39-16-6-18-40-28-8-2-1-3-9-28/h4-5,10-11,27-29,32,39-40,52-55H,1-3,6-9,12-26,38H2,(H2,41,42,43,44)/t32-/m0/s1. The molecule has 1 saturated carbocycles. The topological polar surface area (TPSA) is 252 Å². The SMILES string of the molecule is N[C@@H](CCC(=O)N1CCC(Nc2nc(NCc3cn(CCCNCCCNC4CCCCC4)nn3)nc3ccccc23)CC1)C(=O)N(CCP(O)O)CCP(O)O. The van der Waals surface area contributed by atoms with Crippen LogP contribution in [0.1, 0.15) is 76.3 Å². The number of amides is 2. The van der Waals surface area contributed by atoms with E-state index in [1.165, 1.54) is 37.0 Å². The molecule has 1 aliphatic heterocycles. The van der Waals surface area contributed by atoms with E-state index in [1.54, 1.807) is 4.90 Å². The number of nitrogens with zero attached hydrogens (tertiary/aromatic N) is 7. The van der Waals surface area contributed by atoms with E-state index in [9.17, 15) is 29.2 Å². The Bertz CT molecular complexity index is 1650. The Morgan fingerprint density at radius 3 is 2.37 bits per heavy atom. The molecule has 0 bridgehead atoms. The van der Waals surface area contributed by atoms with Gasteiger partial charge >= 0.3 is 0 Å². The van der Waals surface area contributed by atoms with Crippen LogP contribution in [-0.4, -0.2) is 142 Å². The highest BCUT2D eigenvalue weighted by Gasteiger charge is 2.27. The highest BCUT2D eigenvalue weighted by Crippen LogP contribution is 2.27. The Hall–Kier alpha value is -3.18. The number of hydrogen-bond donors (Lipinski definition) is 9. The van der Waals surface area contributed by atoms with Crippen LogP contribution in [0.15, 0.2) is 30.5 Å².